The van der Waals surface area contributed by atoms with Crippen molar-refractivity contribution in [2.24, 2.45) is 11.8 Å². The van der Waals surface area contributed by atoms with Gasteiger partial charge in [-0.25, -0.2) is 14.4 Å². The van der Waals surface area contributed by atoms with E-state index in [0.717, 1.165) is 29.2 Å². The molecule has 1 unspecified atom stereocenters. The average molecular weight is 784 g/mol. The van der Waals surface area contributed by atoms with Crippen LogP contribution < -0.4 is 26.6 Å². The van der Waals surface area contributed by atoms with Gasteiger partial charge in [0.05, 0.1) is 0 Å². The van der Waals surface area contributed by atoms with Crippen molar-refractivity contribution < 1.29 is 58.8 Å². The highest BCUT2D eigenvalue weighted by molar-refractivity contribution is 5.89. The Labute approximate surface area is 324 Å². The number of carbonyl (C=O) groups excluding carboxylic acids is 4. The molecule has 306 valence electrons. The summed E-state index contributed by atoms with van der Waals surface area (Å²) in [6.45, 7) is 0.628. The monoisotopic (exact) mass is 783 g/mol. The molecule has 0 aliphatic heterocycles. The van der Waals surface area contributed by atoms with Crippen LogP contribution in [0.3, 0.4) is 0 Å². The van der Waals surface area contributed by atoms with Crippen LogP contribution >= 0.6 is 0 Å². The Morgan fingerprint density at radius 2 is 1.25 bits per heavy atom. The van der Waals surface area contributed by atoms with Gasteiger partial charge in [0.15, 0.2) is 0 Å². The van der Waals surface area contributed by atoms with Crippen LogP contribution in [-0.2, 0) is 40.0 Å². The Morgan fingerprint density at radius 3 is 1.89 bits per heavy atom. The van der Waals surface area contributed by atoms with Crippen molar-refractivity contribution in [1.82, 2.24) is 26.6 Å². The fourth-order valence-corrected chi connectivity index (χ4v) is 6.59. The first-order valence-electron chi connectivity index (χ1n) is 19.0. The Bertz CT molecular complexity index is 1690. The number of hydrogen-bond donors (Lipinski definition) is 9. The third kappa shape index (κ3) is 16.3. The fraction of sp³-hybridized carbons (Fsp3) is 0.538. The van der Waals surface area contributed by atoms with Gasteiger partial charge in [-0.15, -0.1) is 0 Å². The molecule has 2 aromatic rings. The topological polar surface area (TPSA) is 278 Å². The zero-order valence-corrected chi connectivity index (χ0v) is 31.3. The molecular formula is C39H53N5O12. The van der Waals surface area contributed by atoms with E-state index in [9.17, 15) is 48.6 Å². The van der Waals surface area contributed by atoms with Gasteiger partial charge < -0.3 is 47.0 Å². The lowest BCUT2D eigenvalue weighted by Crippen LogP contribution is -2.51. The number of amides is 5. The predicted molar refractivity (Wildman–Crippen MR) is 202 cm³/mol. The van der Waals surface area contributed by atoms with Crippen molar-refractivity contribution in [2.45, 2.75) is 108 Å². The van der Waals surface area contributed by atoms with E-state index in [4.69, 9.17) is 10.2 Å². The number of unbranched alkanes of at least 4 members (excludes halogenated alkanes) is 2. The molecule has 5 amide bonds. The van der Waals surface area contributed by atoms with E-state index in [1.54, 1.807) is 0 Å². The standard InChI is InChI=1S/C39H53N5O12/c45-32(10-3-4-11-33(46)47)41-23-24-12-16-27(17-13-24)35(50)42-31(22-25-14-15-26-7-1-2-8-28(26)21-25)36(51)40-20-6-5-9-29(37(52)53)43-39(56)44-30(38(54)55)18-19-34(48)49/h1-2,7-8,14-15,21,24,27,29-31H,3-6,9-13,16-20,22-23H2,(H,40,51)(H,41,45)(H,42,50)(H,46,47)(H,48,49)(H,52,53)(H,54,55)(H2,43,44,56)/t24?,27?,29-,30-,31?/m0/s1. The molecule has 17 nitrogen and oxygen atoms in total. The van der Waals surface area contributed by atoms with Crippen molar-refractivity contribution in [3.63, 3.8) is 0 Å². The number of hydrogen-bond acceptors (Lipinski definition) is 8. The van der Waals surface area contributed by atoms with Crippen molar-refractivity contribution in [1.29, 1.82) is 0 Å². The molecule has 1 aliphatic rings. The number of rotatable bonds is 24. The first-order chi connectivity index (χ1) is 26.7. The van der Waals surface area contributed by atoms with Crippen LogP contribution in [0, 0.1) is 11.8 Å². The van der Waals surface area contributed by atoms with E-state index in [0.29, 0.717) is 38.6 Å². The van der Waals surface area contributed by atoms with E-state index < -0.39 is 60.4 Å². The molecule has 0 aromatic heterocycles. The fourth-order valence-electron chi connectivity index (χ4n) is 6.59. The van der Waals surface area contributed by atoms with Crippen molar-refractivity contribution >= 4 is 58.4 Å². The number of aliphatic carboxylic acids is 4. The van der Waals surface area contributed by atoms with Crippen molar-refractivity contribution in [3.05, 3.63) is 48.0 Å². The van der Waals surface area contributed by atoms with Crippen LogP contribution in [0.15, 0.2) is 42.5 Å². The van der Waals surface area contributed by atoms with E-state index in [-0.39, 0.29) is 68.7 Å². The molecule has 0 heterocycles. The zero-order chi connectivity index (χ0) is 41.0. The molecule has 1 saturated carbocycles. The molecule has 0 radical (unpaired) electrons. The first-order valence-corrected chi connectivity index (χ1v) is 19.0. The van der Waals surface area contributed by atoms with E-state index in [2.05, 4.69) is 26.6 Å². The number of nitrogens with one attached hydrogen (secondary N) is 5. The summed E-state index contributed by atoms with van der Waals surface area (Å²) in [7, 11) is 0. The van der Waals surface area contributed by atoms with Crippen molar-refractivity contribution in [2.75, 3.05) is 13.1 Å². The predicted octanol–water partition coefficient (Wildman–Crippen LogP) is 2.79. The van der Waals surface area contributed by atoms with Gasteiger partial charge in [0, 0.05) is 44.7 Å². The quantitative estimate of drug-likeness (QED) is 0.0696. The normalized spacial score (nSPS) is 16.7. The van der Waals surface area contributed by atoms with Crippen LogP contribution in [0.5, 0.6) is 0 Å². The Hall–Kier alpha value is -5.74. The molecule has 0 bridgehead atoms. The molecule has 56 heavy (non-hydrogen) atoms. The number of benzene rings is 2. The third-order valence-corrected chi connectivity index (χ3v) is 9.81. The van der Waals surface area contributed by atoms with Gasteiger partial charge in [0.1, 0.15) is 18.1 Å². The average Bonchev–Trinajstić information content (AvgIpc) is 3.16. The van der Waals surface area contributed by atoms with Gasteiger partial charge in [-0.05, 0) is 86.5 Å². The largest absolute Gasteiger partial charge is 0.481 e. The highest BCUT2D eigenvalue weighted by Crippen LogP contribution is 2.29. The Morgan fingerprint density at radius 1 is 0.625 bits per heavy atom. The third-order valence-electron chi connectivity index (χ3n) is 9.81. The summed E-state index contributed by atoms with van der Waals surface area (Å²) in [5.41, 5.74) is 0.841. The maximum absolute atomic E-state index is 13.5. The Balaban J connectivity index is 1.52. The van der Waals surface area contributed by atoms with Crippen molar-refractivity contribution in [3.8, 4) is 0 Å². The van der Waals surface area contributed by atoms with E-state index in [1.165, 1.54) is 0 Å². The first kappa shape index (κ1) is 44.7. The SMILES string of the molecule is O=C(O)CCCCC(=O)NCC1CCC(C(=O)NC(Cc2ccc3ccccc3c2)C(=O)NCCCC[C@H](NC(=O)N[C@@H](CCC(=O)O)C(=O)O)C(=O)O)CC1. The zero-order valence-electron chi connectivity index (χ0n) is 31.3. The highest BCUT2D eigenvalue weighted by Gasteiger charge is 2.30. The number of carboxylic acid groups (broad SMARTS) is 4. The maximum Gasteiger partial charge on any atom is 0.326 e. The summed E-state index contributed by atoms with van der Waals surface area (Å²) in [4.78, 5) is 96.1. The lowest BCUT2D eigenvalue weighted by Gasteiger charge is -2.29. The number of carbonyl (C=O) groups is 8. The second-order valence-corrected chi connectivity index (χ2v) is 14.2. The second-order valence-electron chi connectivity index (χ2n) is 14.2. The summed E-state index contributed by atoms with van der Waals surface area (Å²) in [5.74, 6) is -5.85. The molecule has 1 aliphatic carbocycles. The van der Waals surface area contributed by atoms with Gasteiger partial charge in [0.2, 0.25) is 17.7 Å². The number of carboxylic acids is 4. The molecular weight excluding hydrogens is 730 g/mol. The van der Waals surface area contributed by atoms with Gasteiger partial charge in [0.25, 0.3) is 0 Å². The molecule has 0 spiro atoms. The van der Waals surface area contributed by atoms with Gasteiger partial charge >= 0.3 is 29.9 Å². The smallest absolute Gasteiger partial charge is 0.326 e. The minimum atomic E-state index is -1.52. The Kier molecular flexibility index (Phi) is 18.5. The summed E-state index contributed by atoms with van der Waals surface area (Å²) in [6.07, 6.45) is 3.72. The summed E-state index contributed by atoms with van der Waals surface area (Å²) < 4.78 is 0. The van der Waals surface area contributed by atoms with Crippen LogP contribution in [-0.4, -0.2) is 99.3 Å². The molecule has 9 N–H and O–H groups in total. The van der Waals surface area contributed by atoms with Crippen LogP contribution in [0.25, 0.3) is 10.8 Å². The van der Waals surface area contributed by atoms with Crippen LogP contribution in [0.4, 0.5) is 4.79 Å². The lowest BCUT2D eigenvalue weighted by atomic mass is 9.81. The summed E-state index contributed by atoms with van der Waals surface area (Å²) in [6, 6.07) is 8.71. The minimum absolute atomic E-state index is 0.0291. The van der Waals surface area contributed by atoms with Gasteiger partial charge in [-0.2, -0.15) is 0 Å². The number of urea groups is 1. The van der Waals surface area contributed by atoms with Gasteiger partial charge in [-0.1, -0.05) is 42.5 Å². The lowest BCUT2D eigenvalue weighted by molar-refractivity contribution is -0.141. The highest BCUT2D eigenvalue weighted by atomic mass is 16.4. The van der Waals surface area contributed by atoms with E-state index in [1.807, 2.05) is 42.5 Å². The molecule has 3 rings (SSSR count). The maximum atomic E-state index is 13.5. The summed E-state index contributed by atoms with van der Waals surface area (Å²) >= 11 is 0. The molecule has 17 heteroatoms. The molecule has 2 aromatic carbocycles. The van der Waals surface area contributed by atoms with Crippen LogP contribution in [0.2, 0.25) is 0 Å². The molecule has 1 fully saturated rings. The van der Waals surface area contributed by atoms with Gasteiger partial charge in [-0.3, -0.25) is 24.0 Å². The summed E-state index contributed by atoms with van der Waals surface area (Å²) in [5, 5.41) is 51.4. The molecule has 0 saturated heterocycles. The molecule has 3 atom stereocenters. The second kappa shape index (κ2) is 23.2. The van der Waals surface area contributed by atoms with E-state index >= 15 is 0 Å². The minimum Gasteiger partial charge on any atom is -0.481 e. The van der Waals surface area contributed by atoms with Crippen LogP contribution in [0.1, 0.15) is 89.0 Å². The number of fused-ring (bicyclic) bond motifs is 1.